The fourth-order valence-electron chi connectivity index (χ4n) is 1.97. The van der Waals surface area contributed by atoms with Gasteiger partial charge in [0.25, 0.3) is 0 Å². The maximum Gasteiger partial charge on any atom is 0.127 e. The Morgan fingerprint density at radius 3 is 2.26 bits per heavy atom. The highest BCUT2D eigenvalue weighted by Gasteiger charge is 2.11. The lowest BCUT2D eigenvalue weighted by molar-refractivity contribution is -0.109. The van der Waals surface area contributed by atoms with E-state index in [9.17, 15) is 4.79 Å². The predicted octanol–water partition coefficient (Wildman–Crippen LogP) is 3.87. The second kappa shape index (κ2) is 6.39. The Hall–Kier alpha value is -1.80. The number of hydrogen-bond acceptors (Lipinski definition) is 2. The topological polar surface area (TPSA) is 26.3 Å². The first-order valence-corrected chi connectivity index (χ1v) is 6.44. The van der Waals surface area contributed by atoms with Crippen molar-refractivity contribution in [3.63, 3.8) is 0 Å². The van der Waals surface area contributed by atoms with Gasteiger partial charge >= 0.3 is 0 Å². The van der Waals surface area contributed by atoms with Gasteiger partial charge in [0.2, 0.25) is 0 Å². The van der Waals surface area contributed by atoms with Crippen LogP contribution in [0.1, 0.15) is 17.0 Å². The van der Waals surface area contributed by atoms with E-state index in [1.807, 2.05) is 36.4 Å². The zero-order chi connectivity index (χ0) is 13.7. The third-order valence-corrected chi connectivity index (χ3v) is 3.33. The molecule has 98 valence electrons. The third kappa shape index (κ3) is 3.58. The second-order valence-corrected chi connectivity index (χ2v) is 4.78. The summed E-state index contributed by atoms with van der Waals surface area (Å²) in [7, 11) is 1.64. The second-order valence-electron chi connectivity index (χ2n) is 4.35. The molecule has 0 radical (unpaired) electrons. The van der Waals surface area contributed by atoms with E-state index in [4.69, 9.17) is 16.3 Å². The first-order valence-electron chi connectivity index (χ1n) is 6.06. The Bertz CT molecular complexity index is 532. The molecule has 0 aliphatic rings. The monoisotopic (exact) mass is 274 g/mol. The molecule has 0 aliphatic carbocycles. The van der Waals surface area contributed by atoms with E-state index in [1.54, 1.807) is 19.2 Å². The van der Waals surface area contributed by atoms with Gasteiger partial charge in [-0.3, -0.25) is 0 Å². The van der Waals surface area contributed by atoms with Crippen LogP contribution in [-0.4, -0.2) is 13.4 Å². The largest absolute Gasteiger partial charge is 0.497 e. The van der Waals surface area contributed by atoms with Crippen LogP contribution in [0.25, 0.3) is 0 Å². The van der Waals surface area contributed by atoms with Gasteiger partial charge in [-0.1, -0.05) is 35.9 Å². The molecule has 2 rings (SSSR count). The van der Waals surface area contributed by atoms with Crippen molar-refractivity contribution in [3.05, 3.63) is 64.7 Å². The first kappa shape index (κ1) is 13.6. The van der Waals surface area contributed by atoms with Crippen molar-refractivity contribution in [3.8, 4) is 5.75 Å². The van der Waals surface area contributed by atoms with Crippen LogP contribution in [0.3, 0.4) is 0 Å². The lowest BCUT2D eigenvalue weighted by Gasteiger charge is -2.11. The quantitative estimate of drug-likeness (QED) is 0.774. The van der Waals surface area contributed by atoms with E-state index in [1.165, 1.54) is 0 Å². The Morgan fingerprint density at radius 2 is 1.74 bits per heavy atom. The number of carbonyl (C=O) groups excluding carboxylic acids is 1. The van der Waals surface area contributed by atoms with Crippen LogP contribution in [0.4, 0.5) is 0 Å². The Morgan fingerprint density at radius 1 is 1.11 bits per heavy atom. The minimum absolute atomic E-state index is 0.148. The molecule has 1 atom stereocenters. The Balaban J connectivity index is 2.14. The number of hydrogen-bond donors (Lipinski definition) is 0. The van der Waals surface area contributed by atoms with E-state index in [2.05, 4.69) is 0 Å². The molecule has 0 spiro atoms. The van der Waals surface area contributed by atoms with Gasteiger partial charge in [0.1, 0.15) is 12.0 Å². The molecule has 0 bridgehead atoms. The molecule has 2 aromatic rings. The SMILES string of the molecule is COc1ccc(CC(C=O)c2ccc(Cl)cc2)cc1. The zero-order valence-corrected chi connectivity index (χ0v) is 11.4. The third-order valence-electron chi connectivity index (χ3n) is 3.08. The maximum atomic E-state index is 11.3. The maximum absolute atomic E-state index is 11.3. The van der Waals surface area contributed by atoms with Crippen LogP contribution in [0.5, 0.6) is 5.75 Å². The van der Waals surface area contributed by atoms with E-state index < -0.39 is 0 Å². The van der Waals surface area contributed by atoms with Crippen LogP contribution < -0.4 is 4.74 Å². The summed E-state index contributed by atoms with van der Waals surface area (Å²) in [6, 6.07) is 15.2. The van der Waals surface area contributed by atoms with Crippen LogP contribution in [0.15, 0.2) is 48.5 Å². The van der Waals surface area contributed by atoms with Crippen molar-refractivity contribution < 1.29 is 9.53 Å². The molecule has 0 N–H and O–H groups in total. The molecule has 3 heteroatoms. The molecule has 0 aliphatic heterocycles. The fraction of sp³-hybridized carbons (Fsp3) is 0.188. The van der Waals surface area contributed by atoms with Crippen molar-refractivity contribution in [2.45, 2.75) is 12.3 Å². The fourth-order valence-corrected chi connectivity index (χ4v) is 2.10. The molecule has 0 fully saturated rings. The van der Waals surface area contributed by atoms with Crippen molar-refractivity contribution in [2.24, 2.45) is 0 Å². The molecule has 2 aromatic carbocycles. The molecule has 0 saturated carbocycles. The van der Waals surface area contributed by atoms with Crippen LogP contribution in [-0.2, 0) is 11.2 Å². The molecular weight excluding hydrogens is 260 g/mol. The summed E-state index contributed by atoms with van der Waals surface area (Å²) in [5.41, 5.74) is 2.09. The number of carbonyl (C=O) groups is 1. The normalized spacial score (nSPS) is 11.9. The molecule has 19 heavy (non-hydrogen) atoms. The molecule has 2 nitrogen and oxygen atoms in total. The van der Waals surface area contributed by atoms with E-state index in [-0.39, 0.29) is 5.92 Å². The van der Waals surface area contributed by atoms with E-state index >= 15 is 0 Å². The summed E-state index contributed by atoms with van der Waals surface area (Å²) in [6.07, 6.45) is 1.66. The van der Waals surface area contributed by atoms with E-state index in [0.717, 1.165) is 23.2 Å². The molecule has 0 saturated heterocycles. The number of ether oxygens (including phenoxy) is 1. The lowest BCUT2D eigenvalue weighted by Crippen LogP contribution is -2.04. The number of aldehydes is 1. The minimum atomic E-state index is -0.148. The van der Waals surface area contributed by atoms with Gasteiger partial charge in [0, 0.05) is 10.9 Å². The summed E-state index contributed by atoms with van der Waals surface area (Å²) < 4.78 is 5.11. The van der Waals surface area contributed by atoms with Crippen molar-refractivity contribution in [1.29, 1.82) is 0 Å². The standard InChI is InChI=1S/C16H15ClO2/c1-19-16-8-2-12(3-9-16)10-14(11-18)13-4-6-15(17)7-5-13/h2-9,11,14H,10H2,1H3. The number of halogens is 1. The van der Waals surface area contributed by atoms with Gasteiger partial charge in [-0.05, 0) is 41.8 Å². The van der Waals surface area contributed by atoms with Crippen molar-refractivity contribution >= 4 is 17.9 Å². The first-order chi connectivity index (χ1) is 9.22. The van der Waals surface area contributed by atoms with Crippen LogP contribution in [0, 0.1) is 0 Å². The number of benzene rings is 2. The minimum Gasteiger partial charge on any atom is -0.497 e. The molecule has 0 aromatic heterocycles. The van der Waals surface area contributed by atoms with Gasteiger partial charge in [-0.15, -0.1) is 0 Å². The van der Waals surface area contributed by atoms with Crippen molar-refractivity contribution in [1.82, 2.24) is 0 Å². The summed E-state index contributed by atoms with van der Waals surface area (Å²) in [4.78, 5) is 11.3. The highest BCUT2D eigenvalue weighted by atomic mass is 35.5. The van der Waals surface area contributed by atoms with Crippen LogP contribution in [0.2, 0.25) is 5.02 Å². The zero-order valence-electron chi connectivity index (χ0n) is 10.7. The predicted molar refractivity (Wildman–Crippen MR) is 77.0 cm³/mol. The smallest absolute Gasteiger partial charge is 0.127 e. The highest BCUT2D eigenvalue weighted by Crippen LogP contribution is 2.22. The molecular formula is C16H15ClO2. The molecule has 1 unspecified atom stereocenters. The van der Waals surface area contributed by atoms with Gasteiger partial charge in [0.15, 0.2) is 0 Å². The summed E-state index contributed by atoms with van der Waals surface area (Å²) in [5, 5.41) is 0.679. The summed E-state index contributed by atoms with van der Waals surface area (Å²) in [6.45, 7) is 0. The Labute approximate surface area is 118 Å². The van der Waals surface area contributed by atoms with Gasteiger partial charge in [-0.25, -0.2) is 0 Å². The average molecular weight is 275 g/mol. The Kier molecular flexibility index (Phi) is 4.58. The van der Waals surface area contributed by atoms with Gasteiger partial charge < -0.3 is 9.53 Å². The average Bonchev–Trinajstić information content (AvgIpc) is 2.46. The van der Waals surface area contributed by atoms with Gasteiger partial charge in [-0.2, -0.15) is 0 Å². The molecule has 0 heterocycles. The van der Waals surface area contributed by atoms with Gasteiger partial charge in [0.05, 0.1) is 7.11 Å². The van der Waals surface area contributed by atoms with E-state index in [0.29, 0.717) is 11.4 Å². The number of methoxy groups -OCH3 is 1. The summed E-state index contributed by atoms with van der Waals surface area (Å²) in [5.74, 6) is 0.670. The molecule has 0 amide bonds. The van der Waals surface area contributed by atoms with Crippen molar-refractivity contribution in [2.75, 3.05) is 7.11 Å². The number of rotatable bonds is 5. The highest BCUT2D eigenvalue weighted by molar-refractivity contribution is 6.30. The lowest BCUT2D eigenvalue weighted by atomic mass is 9.93. The summed E-state index contributed by atoms with van der Waals surface area (Å²) >= 11 is 5.85. The van der Waals surface area contributed by atoms with Crippen LogP contribution >= 0.6 is 11.6 Å².